The van der Waals surface area contributed by atoms with Gasteiger partial charge in [0, 0.05) is 25.1 Å². The van der Waals surface area contributed by atoms with Gasteiger partial charge in [0.1, 0.15) is 5.65 Å². The predicted molar refractivity (Wildman–Crippen MR) is 84.9 cm³/mol. The molecule has 0 atom stereocenters. The lowest BCUT2D eigenvalue weighted by molar-refractivity contribution is 0.271. The van der Waals surface area contributed by atoms with Crippen molar-refractivity contribution in [3.05, 3.63) is 57.9 Å². The molecule has 0 aliphatic rings. The first-order valence-corrected chi connectivity index (χ1v) is 7.81. The van der Waals surface area contributed by atoms with E-state index in [1.807, 2.05) is 30.7 Å². The lowest BCUT2D eigenvalue weighted by atomic mass is 10.3. The number of rotatable bonds is 4. The molecule has 0 saturated heterocycles. The van der Waals surface area contributed by atoms with Gasteiger partial charge in [-0.25, -0.2) is 9.97 Å². The largest absolute Gasteiger partial charge is 0.390 e. The summed E-state index contributed by atoms with van der Waals surface area (Å²) in [6.07, 6.45) is 3.37. The van der Waals surface area contributed by atoms with Crippen LogP contribution in [0.25, 0.3) is 5.65 Å². The molecule has 0 fully saturated rings. The maximum absolute atomic E-state index is 12.1. The molecule has 0 saturated carbocycles. The van der Waals surface area contributed by atoms with Crippen LogP contribution in [0.3, 0.4) is 0 Å². The fourth-order valence-electron chi connectivity index (χ4n) is 2.23. The van der Waals surface area contributed by atoms with Crippen LogP contribution >= 0.6 is 11.8 Å². The molecule has 6 nitrogen and oxygen atoms in total. The van der Waals surface area contributed by atoms with Crippen LogP contribution in [0, 0.1) is 6.92 Å². The Labute approximate surface area is 131 Å². The van der Waals surface area contributed by atoms with E-state index < -0.39 is 0 Å². The van der Waals surface area contributed by atoms with Gasteiger partial charge in [-0.3, -0.25) is 9.20 Å². The monoisotopic (exact) mass is 316 g/mol. The van der Waals surface area contributed by atoms with Crippen molar-refractivity contribution in [2.24, 2.45) is 7.05 Å². The summed E-state index contributed by atoms with van der Waals surface area (Å²) < 4.78 is 3.39. The molecule has 1 N–H and O–H groups in total. The lowest BCUT2D eigenvalue weighted by Gasteiger charge is -2.06. The number of hydrogen-bond acceptors (Lipinski definition) is 5. The summed E-state index contributed by atoms with van der Waals surface area (Å²) in [4.78, 5) is 21.0. The first kappa shape index (κ1) is 14.8. The molecule has 114 valence electrons. The highest BCUT2D eigenvalue weighted by Crippen LogP contribution is 2.21. The third-order valence-electron chi connectivity index (χ3n) is 3.49. The van der Waals surface area contributed by atoms with E-state index in [2.05, 4.69) is 9.97 Å². The van der Waals surface area contributed by atoms with Crippen LogP contribution in [0.2, 0.25) is 0 Å². The van der Waals surface area contributed by atoms with Crippen molar-refractivity contribution in [1.29, 1.82) is 0 Å². The fourth-order valence-corrected chi connectivity index (χ4v) is 3.09. The minimum Gasteiger partial charge on any atom is -0.390 e. The topological polar surface area (TPSA) is 72.4 Å². The van der Waals surface area contributed by atoms with E-state index in [0.717, 1.165) is 22.1 Å². The van der Waals surface area contributed by atoms with Gasteiger partial charge < -0.3 is 9.67 Å². The van der Waals surface area contributed by atoms with Gasteiger partial charge in [0.25, 0.3) is 5.56 Å². The zero-order valence-electron chi connectivity index (χ0n) is 12.4. The Morgan fingerprint density at radius 3 is 2.95 bits per heavy atom. The minimum atomic E-state index is -0.0832. The molecule has 0 aliphatic heterocycles. The Hall–Kier alpha value is -2.12. The number of thioether (sulfide) groups is 1. The van der Waals surface area contributed by atoms with Crippen LogP contribution in [0.5, 0.6) is 0 Å². The molecule has 0 spiro atoms. The van der Waals surface area contributed by atoms with Gasteiger partial charge in [-0.2, -0.15) is 0 Å². The first-order chi connectivity index (χ1) is 10.6. The van der Waals surface area contributed by atoms with E-state index in [-0.39, 0.29) is 12.2 Å². The van der Waals surface area contributed by atoms with Crippen LogP contribution in [-0.4, -0.2) is 24.0 Å². The molecule has 22 heavy (non-hydrogen) atoms. The zero-order valence-corrected chi connectivity index (χ0v) is 13.2. The average molecular weight is 316 g/mol. The molecule has 0 unspecified atom stereocenters. The van der Waals surface area contributed by atoms with Gasteiger partial charge >= 0.3 is 0 Å². The second-order valence-corrected chi connectivity index (χ2v) is 5.95. The standard InChI is InChI=1S/C15H16N4O2S/c1-10-4-3-5-19-13(21)6-11(17-14(10)19)9-22-15-16-7-12(8-20)18(15)2/h3-7,20H,8-9H2,1-2H3. The van der Waals surface area contributed by atoms with E-state index in [9.17, 15) is 9.90 Å². The molecular formula is C15H16N4O2S. The third-order valence-corrected chi connectivity index (χ3v) is 4.57. The molecule has 0 aromatic carbocycles. The maximum Gasteiger partial charge on any atom is 0.258 e. The molecule has 3 aromatic heterocycles. The van der Waals surface area contributed by atoms with Crippen molar-refractivity contribution in [2.75, 3.05) is 0 Å². The number of pyridine rings is 1. The van der Waals surface area contributed by atoms with Crippen LogP contribution in [0.4, 0.5) is 0 Å². The van der Waals surface area contributed by atoms with Crippen LogP contribution in [0.15, 0.2) is 40.5 Å². The van der Waals surface area contributed by atoms with Gasteiger partial charge in [-0.1, -0.05) is 17.8 Å². The minimum absolute atomic E-state index is 0.0428. The number of aliphatic hydroxyl groups excluding tert-OH is 1. The molecule has 7 heteroatoms. The number of aryl methyl sites for hydroxylation is 1. The first-order valence-electron chi connectivity index (χ1n) is 6.82. The summed E-state index contributed by atoms with van der Waals surface area (Å²) in [7, 11) is 1.85. The van der Waals surface area contributed by atoms with E-state index >= 15 is 0 Å². The van der Waals surface area contributed by atoms with Crippen molar-refractivity contribution < 1.29 is 5.11 Å². The van der Waals surface area contributed by atoms with Crippen molar-refractivity contribution in [1.82, 2.24) is 18.9 Å². The van der Waals surface area contributed by atoms with E-state index in [4.69, 9.17) is 0 Å². The van der Waals surface area contributed by atoms with Crippen molar-refractivity contribution in [2.45, 2.75) is 24.4 Å². The second kappa shape index (κ2) is 5.94. The highest BCUT2D eigenvalue weighted by molar-refractivity contribution is 7.98. The Morgan fingerprint density at radius 1 is 1.41 bits per heavy atom. The Bertz CT molecular complexity index is 885. The van der Waals surface area contributed by atoms with Gasteiger partial charge in [0.2, 0.25) is 0 Å². The van der Waals surface area contributed by atoms with Crippen molar-refractivity contribution in [3.8, 4) is 0 Å². The molecule has 0 radical (unpaired) electrons. The average Bonchev–Trinajstić information content (AvgIpc) is 2.86. The van der Waals surface area contributed by atoms with E-state index in [1.54, 1.807) is 22.9 Å². The van der Waals surface area contributed by atoms with Gasteiger partial charge in [0.05, 0.1) is 24.2 Å². The quantitative estimate of drug-likeness (QED) is 0.739. The number of aromatic nitrogens is 4. The summed E-state index contributed by atoms with van der Waals surface area (Å²) in [6.45, 7) is 1.89. The number of imidazole rings is 1. The SMILES string of the molecule is Cc1cccn2c(=O)cc(CSc3ncc(CO)n3C)nc12. The van der Waals surface area contributed by atoms with Gasteiger partial charge in [-0.15, -0.1) is 0 Å². The maximum atomic E-state index is 12.1. The highest BCUT2D eigenvalue weighted by atomic mass is 32.2. The van der Waals surface area contributed by atoms with Gasteiger partial charge in [-0.05, 0) is 18.6 Å². The normalized spacial score (nSPS) is 11.2. The Kier molecular flexibility index (Phi) is 4.00. The molecular weight excluding hydrogens is 300 g/mol. The van der Waals surface area contributed by atoms with Crippen LogP contribution in [-0.2, 0) is 19.4 Å². The van der Waals surface area contributed by atoms with Gasteiger partial charge in [0.15, 0.2) is 5.16 Å². The molecule has 3 aromatic rings. The van der Waals surface area contributed by atoms with Crippen LogP contribution < -0.4 is 5.56 Å². The van der Waals surface area contributed by atoms with E-state index in [0.29, 0.717) is 11.4 Å². The third kappa shape index (κ3) is 2.65. The Balaban J connectivity index is 1.89. The smallest absolute Gasteiger partial charge is 0.258 e. The summed E-state index contributed by atoms with van der Waals surface area (Å²) in [5.41, 5.74) is 3.04. The number of aliphatic hydroxyl groups is 1. The number of fused-ring (bicyclic) bond motifs is 1. The number of nitrogens with zero attached hydrogens (tertiary/aromatic N) is 4. The summed E-state index contributed by atoms with van der Waals surface area (Å²) in [5, 5.41) is 9.96. The predicted octanol–water partition coefficient (Wildman–Crippen LogP) is 1.52. The van der Waals surface area contributed by atoms with E-state index in [1.165, 1.54) is 11.8 Å². The lowest BCUT2D eigenvalue weighted by Crippen LogP contribution is -2.15. The zero-order chi connectivity index (χ0) is 15.7. The molecule has 0 bridgehead atoms. The second-order valence-electron chi connectivity index (χ2n) is 5.01. The summed E-state index contributed by atoms with van der Waals surface area (Å²) in [6, 6.07) is 5.32. The van der Waals surface area contributed by atoms with Crippen molar-refractivity contribution in [3.63, 3.8) is 0 Å². The molecule has 0 amide bonds. The Morgan fingerprint density at radius 2 is 2.23 bits per heavy atom. The molecule has 0 aliphatic carbocycles. The fraction of sp³-hybridized carbons (Fsp3) is 0.267. The van der Waals surface area contributed by atoms with Crippen molar-refractivity contribution >= 4 is 17.4 Å². The molecule has 3 rings (SSSR count). The summed E-state index contributed by atoms with van der Waals surface area (Å²) in [5.74, 6) is 0.551. The van der Waals surface area contributed by atoms with Crippen LogP contribution in [0.1, 0.15) is 17.0 Å². The highest BCUT2D eigenvalue weighted by Gasteiger charge is 2.09. The summed E-state index contributed by atoms with van der Waals surface area (Å²) >= 11 is 1.49. The molecule has 3 heterocycles. The number of hydrogen-bond donors (Lipinski definition) is 1.